The summed E-state index contributed by atoms with van der Waals surface area (Å²) in [5.41, 5.74) is 0.472. The summed E-state index contributed by atoms with van der Waals surface area (Å²) in [6.45, 7) is 0. The molecule has 0 amide bonds. The number of methoxy groups -OCH3 is 1. The summed E-state index contributed by atoms with van der Waals surface area (Å²) in [6.07, 6.45) is 0. The van der Waals surface area contributed by atoms with E-state index in [1.807, 2.05) is 0 Å². The highest BCUT2D eigenvalue weighted by Gasteiger charge is 2.16. The molecule has 0 unspecified atom stereocenters. The molecule has 0 bridgehead atoms. The number of nitro groups is 1. The topological polar surface area (TPSA) is 69.4 Å². The summed E-state index contributed by atoms with van der Waals surface area (Å²) < 4.78 is 4.49. The molecule has 0 saturated carbocycles. The van der Waals surface area contributed by atoms with Gasteiger partial charge in [-0.1, -0.05) is 6.07 Å². The van der Waals surface area contributed by atoms with Crippen molar-refractivity contribution in [1.29, 1.82) is 0 Å². The average molecular weight is 230 g/mol. The fourth-order valence-electron chi connectivity index (χ4n) is 1.09. The van der Waals surface area contributed by atoms with Crippen LogP contribution in [-0.2, 0) is 10.6 Å². The number of nitro benzene ring substituents is 1. The summed E-state index contributed by atoms with van der Waals surface area (Å²) in [6, 6.07) is 3.89. The van der Waals surface area contributed by atoms with Crippen LogP contribution in [0, 0.1) is 10.1 Å². The van der Waals surface area contributed by atoms with Crippen LogP contribution in [0.25, 0.3) is 0 Å². The molecule has 0 aromatic heterocycles. The SMILES string of the molecule is COC(=O)c1cc([N+](=O)[O-])ccc1CCl. The number of non-ortho nitro benzene ring substituents is 1. The number of benzene rings is 1. The molecular formula is C9H8ClNO4. The van der Waals surface area contributed by atoms with Crippen LogP contribution in [0.2, 0.25) is 0 Å². The van der Waals surface area contributed by atoms with Gasteiger partial charge in [0.05, 0.1) is 17.6 Å². The number of ether oxygens (including phenoxy) is 1. The van der Waals surface area contributed by atoms with Gasteiger partial charge in [0.25, 0.3) is 5.69 Å². The fourth-order valence-corrected chi connectivity index (χ4v) is 1.33. The second kappa shape index (κ2) is 4.75. The smallest absolute Gasteiger partial charge is 0.338 e. The quantitative estimate of drug-likeness (QED) is 0.345. The van der Waals surface area contributed by atoms with E-state index in [0.29, 0.717) is 5.56 Å². The monoisotopic (exact) mass is 229 g/mol. The summed E-state index contributed by atoms with van der Waals surface area (Å²) in [7, 11) is 1.21. The Hall–Kier alpha value is -1.62. The number of carbonyl (C=O) groups is 1. The van der Waals surface area contributed by atoms with Crippen LogP contribution in [-0.4, -0.2) is 18.0 Å². The average Bonchev–Trinajstić information content (AvgIpc) is 2.27. The Morgan fingerprint density at radius 1 is 1.60 bits per heavy atom. The number of carbonyl (C=O) groups excluding carboxylic acids is 1. The van der Waals surface area contributed by atoms with Crippen LogP contribution in [0.1, 0.15) is 15.9 Å². The minimum absolute atomic E-state index is 0.0996. The zero-order chi connectivity index (χ0) is 11.4. The van der Waals surface area contributed by atoms with Crippen molar-refractivity contribution >= 4 is 23.3 Å². The molecule has 1 rings (SSSR count). The van der Waals surface area contributed by atoms with Crippen LogP contribution in [0.15, 0.2) is 18.2 Å². The predicted molar refractivity (Wildman–Crippen MR) is 54.0 cm³/mol. The van der Waals surface area contributed by atoms with E-state index in [2.05, 4.69) is 4.74 Å². The van der Waals surface area contributed by atoms with E-state index in [9.17, 15) is 14.9 Å². The molecule has 0 aliphatic carbocycles. The lowest BCUT2D eigenvalue weighted by Crippen LogP contribution is -2.05. The van der Waals surface area contributed by atoms with Crippen LogP contribution in [0.5, 0.6) is 0 Å². The van der Waals surface area contributed by atoms with Crippen LogP contribution in [0.3, 0.4) is 0 Å². The third kappa shape index (κ3) is 2.44. The van der Waals surface area contributed by atoms with Gasteiger partial charge in [-0.05, 0) is 5.56 Å². The lowest BCUT2D eigenvalue weighted by molar-refractivity contribution is -0.384. The Bertz CT molecular complexity index is 405. The maximum absolute atomic E-state index is 11.3. The molecule has 0 aliphatic rings. The van der Waals surface area contributed by atoms with Crippen molar-refractivity contribution in [3.05, 3.63) is 39.4 Å². The normalized spacial score (nSPS) is 9.73. The fraction of sp³-hybridized carbons (Fsp3) is 0.222. The second-order valence-corrected chi connectivity index (χ2v) is 2.99. The van der Waals surface area contributed by atoms with Gasteiger partial charge in [-0.15, -0.1) is 11.6 Å². The molecule has 0 aliphatic heterocycles. The van der Waals surface area contributed by atoms with Crippen molar-refractivity contribution in [3.8, 4) is 0 Å². The molecule has 1 aromatic rings. The molecule has 0 spiro atoms. The highest BCUT2D eigenvalue weighted by atomic mass is 35.5. The van der Waals surface area contributed by atoms with Gasteiger partial charge < -0.3 is 4.74 Å². The molecule has 5 nitrogen and oxygen atoms in total. The van der Waals surface area contributed by atoms with E-state index in [1.165, 1.54) is 19.2 Å². The largest absolute Gasteiger partial charge is 0.465 e. The number of hydrogen-bond donors (Lipinski definition) is 0. The Morgan fingerprint density at radius 2 is 2.27 bits per heavy atom. The van der Waals surface area contributed by atoms with E-state index in [0.717, 1.165) is 6.07 Å². The Morgan fingerprint density at radius 3 is 2.73 bits per heavy atom. The second-order valence-electron chi connectivity index (χ2n) is 2.72. The molecule has 0 radical (unpaired) electrons. The minimum Gasteiger partial charge on any atom is -0.465 e. The third-order valence-electron chi connectivity index (χ3n) is 1.85. The minimum atomic E-state index is -0.630. The molecule has 0 atom stereocenters. The zero-order valence-electron chi connectivity index (χ0n) is 7.90. The van der Waals surface area contributed by atoms with Crippen molar-refractivity contribution < 1.29 is 14.5 Å². The summed E-state index contributed by atoms with van der Waals surface area (Å²) in [5, 5.41) is 10.5. The van der Waals surface area contributed by atoms with Crippen molar-refractivity contribution in [2.45, 2.75) is 5.88 Å². The molecular weight excluding hydrogens is 222 g/mol. The van der Waals surface area contributed by atoms with Gasteiger partial charge in [0.15, 0.2) is 0 Å². The first-order valence-electron chi connectivity index (χ1n) is 4.01. The highest BCUT2D eigenvalue weighted by molar-refractivity contribution is 6.17. The van der Waals surface area contributed by atoms with Crippen molar-refractivity contribution in [2.75, 3.05) is 7.11 Å². The lowest BCUT2D eigenvalue weighted by Gasteiger charge is -2.04. The van der Waals surface area contributed by atoms with Gasteiger partial charge in [0.1, 0.15) is 0 Å². The number of halogens is 1. The van der Waals surface area contributed by atoms with Crippen LogP contribution in [0.4, 0.5) is 5.69 Å². The van der Waals surface area contributed by atoms with E-state index < -0.39 is 10.9 Å². The predicted octanol–water partition coefficient (Wildman–Crippen LogP) is 2.12. The Labute approximate surface area is 90.8 Å². The molecule has 1 aromatic carbocycles. The maximum Gasteiger partial charge on any atom is 0.338 e. The van der Waals surface area contributed by atoms with E-state index in [1.54, 1.807) is 0 Å². The summed E-state index contributed by atoms with van der Waals surface area (Å²) in [4.78, 5) is 21.2. The van der Waals surface area contributed by atoms with Crippen LogP contribution < -0.4 is 0 Å². The van der Waals surface area contributed by atoms with Crippen molar-refractivity contribution in [3.63, 3.8) is 0 Å². The number of hydrogen-bond acceptors (Lipinski definition) is 4. The van der Waals surface area contributed by atoms with Gasteiger partial charge in [-0.25, -0.2) is 4.79 Å². The molecule has 6 heteroatoms. The molecule has 80 valence electrons. The molecule has 0 saturated heterocycles. The molecule has 0 fully saturated rings. The number of rotatable bonds is 3. The van der Waals surface area contributed by atoms with E-state index >= 15 is 0 Å². The first-order valence-corrected chi connectivity index (χ1v) is 4.55. The number of alkyl halides is 1. The first kappa shape index (κ1) is 11.5. The number of esters is 1. The summed E-state index contributed by atoms with van der Waals surface area (Å²) >= 11 is 5.59. The molecule has 0 heterocycles. The standard InChI is InChI=1S/C9H8ClNO4/c1-15-9(12)8-4-7(11(13)14)3-2-6(8)5-10/h2-4H,5H2,1H3. The van der Waals surface area contributed by atoms with Crippen molar-refractivity contribution in [1.82, 2.24) is 0 Å². The van der Waals surface area contributed by atoms with Gasteiger partial charge in [0.2, 0.25) is 0 Å². The van der Waals surface area contributed by atoms with Gasteiger partial charge in [-0.2, -0.15) is 0 Å². The van der Waals surface area contributed by atoms with Crippen molar-refractivity contribution in [2.24, 2.45) is 0 Å². The van der Waals surface area contributed by atoms with E-state index in [-0.39, 0.29) is 17.1 Å². The summed E-state index contributed by atoms with van der Waals surface area (Å²) in [5.74, 6) is -0.531. The molecule has 0 N–H and O–H groups in total. The van der Waals surface area contributed by atoms with Gasteiger partial charge >= 0.3 is 5.97 Å². The zero-order valence-corrected chi connectivity index (χ0v) is 8.65. The third-order valence-corrected chi connectivity index (χ3v) is 2.14. The first-order chi connectivity index (χ1) is 7.10. The van der Waals surface area contributed by atoms with Gasteiger partial charge in [0, 0.05) is 18.0 Å². The Balaban J connectivity index is 3.25. The molecule has 15 heavy (non-hydrogen) atoms. The van der Waals surface area contributed by atoms with E-state index in [4.69, 9.17) is 11.6 Å². The lowest BCUT2D eigenvalue weighted by atomic mass is 10.1. The number of nitrogens with zero attached hydrogens (tertiary/aromatic N) is 1. The van der Waals surface area contributed by atoms with Gasteiger partial charge in [-0.3, -0.25) is 10.1 Å². The maximum atomic E-state index is 11.3. The highest BCUT2D eigenvalue weighted by Crippen LogP contribution is 2.20. The Kier molecular flexibility index (Phi) is 3.62. The van der Waals surface area contributed by atoms with Crippen LogP contribution >= 0.6 is 11.6 Å².